The van der Waals surface area contributed by atoms with Crippen LogP contribution in [0.1, 0.15) is 37.0 Å². The highest BCUT2D eigenvalue weighted by atomic mass is 35.5. The summed E-state index contributed by atoms with van der Waals surface area (Å²) in [6, 6.07) is 0. The molecule has 2 heterocycles. The first kappa shape index (κ1) is 23.8. The standard InChI is InChI=1S/C20H24ClN3O8/c1-4-24(5-2)7-6-23-18(27)12-14(22-3)17-16-13(21)15(12)30-10(25)8-20(29,19(28)32-16)9-11(26)31-17/h22,29H,4-9H2,1-3H3,(H,23,27). The van der Waals surface area contributed by atoms with Gasteiger partial charge in [0.2, 0.25) is 0 Å². The molecule has 0 saturated carbocycles. The van der Waals surface area contributed by atoms with Crippen LogP contribution in [0, 0.1) is 0 Å². The summed E-state index contributed by atoms with van der Waals surface area (Å²) in [5, 5.41) is 15.6. The predicted octanol–water partition coefficient (Wildman–Crippen LogP) is 0.708. The van der Waals surface area contributed by atoms with E-state index < -0.39 is 53.0 Å². The van der Waals surface area contributed by atoms with Crippen LogP contribution < -0.4 is 24.8 Å². The van der Waals surface area contributed by atoms with E-state index in [9.17, 15) is 24.3 Å². The molecule has 174 valence electrons. The second-order valence-corrected chi connectivity index (χ2v) is 7.68. The average molecular weight is 470 g/mol. The third-order valence-electron chi connectivity index (χ3n) is 5.27. The van der Waals surface area contributed by atoms with Gasteiger partial charge in [-0.25, -0.2) is 4.79 Å². The Bertz CT molecular complexity index is 978. The topological polar surface area (TPSA) is 144 Å². The lowest BCUT2D eigenvalue weighted by Crippen LogP contribution is -2.47. The molecule has 0 aliphatic carbocycles. The van der Waals surface area contributed by atoms with Gasteiger partial charge >= 0.3 is 17.9 Å². The molecule has 3 rings (SSSR count). The largest absolute Gasteiger partial charge is 0.424 e. The summed E-state index contributed by atoms with van der Waals surface area (Å²) in [6.07, 6.45) is -1.75. The predicted molar refractivity (Wildman–Crippen MR) is 112 cm³/mol. The Kier molecular flexibility index (Phi) is 6.91. The molecular weight excluding hydrogens is 446 g/mol. The molecule has 0 fully saturated rings. The number of hydrogen-bond donors (Lipinski definition) is 3. The van der Waals surface area contributed by atoms with Crippen LogP contribution in [0.5, 0.6) is 17.2 Å². The second kappa shape index (κ2) is 9.31. The van der Waals surface area contributed by atoms with Crippen molar-refractivity contribution in [3.8, 4) is 17.2 Å². The maximum absolute atomic E-state index is 13.1. The molecule has 11 nitrogen and oxygen atoms in total. The first-order valence-electron chi connectivity index (χ1n) is 10.1. The molecule has 1 aromatic carbocycles. The highest BCUT2D eigenvalue weighted by molar-refractivity contribution is 6.35. The maximum Gasteiger partial charge on any atom is 0.344 e. The zero-order valence-electron chi connectivity index (χ0n) is 17.9. The molecule has 2 aliphatic heterocycles. The van der Waals surface area contributed by atoms with Crippen LogP contribution in [-0.2, 0) is 14.4 Å². The number of aliphatic hydroxyl groups is 1. The van der Waals surface area contributed by atoms with Crippen molar-refractivity contribution in [2.24, 2.45) is 0 Å². The first-order chi connectivity index (χ1) is 15.1. The van der Waals surface area contributed by atoms with Crippen LogP contribution in [0.15, 0.2) is 0 Å². The molecule has 0 spiro atoms. The number of carbonyl (C=O) groups excluding carboxylic acids is 4. The number of rotatable bonds is 7. The van der Waals surface area contributed by atoms with Gasteiger partial charge in [-0.15, -0.1) is 0 Å². The van der Waals surface area contributed by atoms with E-state index in [1.54, 1.807) is 0 Å². The third kappa shape index (κ3) is 4.36. The zero-order valence-corrected chi connectivity index (χ0v) is 18.6. The lowest BCUT2D eigenvalue weighted by atomic mass is 9.95. The number of fused-ring (bicyclic) bond motifs is 3. The smallest absolute Gasteiger partial charge is 0.344 e. The number of nitrogens with zero attached hydrogens (tertiary/aromatic N) is 1. The van der Waals surface area contributed by atoms with Crippen LogP contribution in [0.4, 0.5) is 5.69 Å². The number of amides is 1. The van der Waals surface area contributed by atoms with Crippen molar-refractivity contribution in [2.75, 3.05) is 38.5 Å². The van der Waals surface area contributed by atoms with Crippen molar-refractivity contribution in [3.63, 3.8) is 0 Å². The quantitative estimate of drug-likeness (QED) is 0.385. The number of anilines is 1. The molecule has 32 heavy (non-hydrogen) atoms. The van der Waals surface area contributed by atoms with Crippen LogP contribution in [0.2, 0.25) is 5.02 Å². The van der Waals surface area contributed by atoms with Gasteiger partial charge in [-0.1, -0.05) is 25.4 Å². The summed E-state index contributed by atoms with van der Waals surface area (Å²) < 4.78 is 15.8. The Hall–Kier alpha value is -2.89. The fraction of sp³-hybridized carbons (Fsp3) is 0.500. The Labute approximate surface area is 188 Å². The minimum atomic E-state index is -2.51. The lowest BCUT2D eigenvalue weighted by molar-refractivity contribution is -0.168. The highest BCUT2D eigenvalue weighted by Crippen LogP contribution is 2.52. The van der Waals surface area contributed by atoms with Gasteiger partial charge in [0.05, 0.1) is 18.5 Å². The Morgan fingerprint density at radius 2 is 1.66 bits per heavy atom. The van der Waals surface area contributed by atoms with Gasteiger partial charge in [0, 0.05) is 20.1 Å². The van der Waals surface area contributed by atoms with Gasteiger partial charge in [-0.2, -0.15) is 0 Å². The van der Waals surface area contributed by atoms with Gasteiger partial charge in [0.15, 0.2) is 22.8 Å². The van der Waals surface area contributed by atoms with Crippen molar-refractivity contribution in [2.45, 2.75) is 32.3 Å². The van der Waals surface area contributed by atoms with Gasteiger partial charge in [-0.05, 0) is 13.1 Å². The number of ether oxygens (including phenoxy) is 3. The molecule has 0 saturated heterocycles. The fourth-order valence-electron chi connectivity index (χ4n) is 3.52. The summed E-state index contributed by atoms with van der Waals surface area (Å²) >= 11 is 6.34. The summed E-state index contributed by atoms with van der Waals surface area (Å²) in [5.74, 6) is -5.18. The van der Waals surface area contributed by atoms with E-state index in [-0.39, 0.29) is 29.3 Å². The van der Waals surface area contributed by atoms with Gasteiger partial charge in [0.1, 0.15) is 10.6 Å². The minimum Gasteiger partial charge on any atom is -0.424 e. The van der Waals surface area contributed by atoms with E-state index in [4.69, 9.17) is 25.8 Å². The van der Waals surface area contributed by atoms with Crippen LogP contribution in [0.25, 0.3) is 0 Å². The van der Waals surface area contributed by atoms with E-state index in [0.717, 1.165) is 13.1 Å². The fourth-order valence-corrected chi connectivity index (χ4v) is 3.78. The number of carbonyl (C=O) groups is 4. The molecule has 0 aromatic heterocycles. The molecule has 3 bridgehead atoms. The second-order valence-electron chi connectivity index (χ2n) is 7.31. The molecule has 0 radical (unpaired) electrons. The highest BCUT2D eigenvalue weighted by Gasteiger charge is 2.48. The minimum absolute atomic E-state index is 0.0685. The van der Waals surface area contributed by atoms with E-state index in [1.165, 1.54) is 7.05 Å². The van der Waals surface area contributed by atoms with Crippen LogP contribution in [-0.4, -0.2) is 72.6 Å². The van der Waals surface area contributed by atoms with Crippen molar-refractivity contribution >= 4 is 41.1 Å². The van der Waals surface area contributed by atoms with Crippen LogP contribution in [0.3, 0.4) is 0 Å². The van der Waals surface area contributed by atoms with Crippen molar-refractivity contribution in [1.82, 2.24) is 10.2 Å². The van der Waals surface area contributed by atoms with Crippen molar-refractivity contribution in [1.29, 1.82) is 0 Å². The zero-order chi connectivity index (χ0) is 23.6. The number of hydrogen-bond acceptors (Lipinski definition) is 10. The van der Waals surface area contributed by atoms with E-state index in [1.807, 2.05) is 13.8 Å². The maximum atomic E-state index is 13.1. The molecule has 1 unspecified atom stereocenters. The third-order valence-corrected chi connectivity index (χ3v) is 5.62. The van der Waals surface area contributed by atoms with E-state index in [2.05, 4.69) is 15.5 Å². The number of benzene rings is 1. The Morgan fingerprint density at radius 3 is 2.22 bits per heavy atom. The summed E-state index contributed by atoms with van der Waals surface area (Å²) in [6.45, 7) is 6.43. The van der Waals surface area contributed by atoms with Gasteiger partial charge in [-0.3, -0.25) is 14.4 Å². The van der Waals surface area contributed by atoms with Gasteiger partial charge < -0.3 is 34.9 Å². The van der Waals surface area contributed by atoms with Crippen LogP contribution >= 0.6 is 11.6 Å². The average Bonchev–Trinajstić information content (AvgIpc) is 2.74. The molecule has 1 atom stereocenters. The molecule has 2 aliphatic rings. The number of likely N-dealkylation sites (N-methyl/N-ethyl adjacent to an activating group) is 1. The SMILES string of the molecule is CCN(CC)CCNC(=O)c1c(NC)c2c3c(Cl)c1OC(=O)CC(O)(CC(=O)O2)C(=O)O3. The first-order valence-corrected chi connectivity index (χ1v) is 10.5. The van der Waals surface area contributed by atoms with E-state index >= 15 is 0 Å². The molecule has 12 heteroatoms. The monoisotopic (exact) mass is 469 g/mol. The summed E-state index contributed by atoms with van der Waals surface area (Å²) in [5.41, 5.74) is -2.78. The summed E-state index contributed by atoms with van der Waals surface area (Å²) in [7, 11) is 1.44. The normalized spacial score (nSPS) is 19.9. The lowest BCUT2D eigenvalue weighted by Gasteiger charge is -2.26. The Morgan fingerprint density at radius 1 is 1.06 bits per heavy atom. The van der Waals surface area contributed by atoms with Crippen molar-refractivity contribution < 1.29 is 38.5 Å². The number of esters is 3. The molecular formula is C20H24ClN3O8. The van der Waals surface area contributed by atoms with Crippen molar-refractivity contribution in [3.05, 3.63) is 10.6 Å². The molecule has 1 amide bonds. The van der Waals surface area contributed by atoms with E-state index in [0.29, 0.717) is 6.54 Å². The molecule has 3 N–H and O–H groups in total. The van der Waals surface area contributed by atoms with Gasteiger partial charge in [0.25, 0.3) is 5.91 Å². The number of nitrogens with one attached hydrogen (secondary N) is 2. The summed E-state index contributed by atoms with van der Waals surface area (Å²) in [4.78, 5) is 52.6. The number of halogens is 1. The molecule has 1 aromatic rings. The Balaban J connectivity index is 2.13.